The van der Waals surface area contributed by atoms with Gasteiger partial charge < -0.3 is 9.80 Å². The number of anilines is 2. The van der Waals surface area contributed by atoms with Gasteiger partial charge in [0.25, 0.3) is 0 Å². The van der Waals surface area contributed by atoms with E-state index in [4.69, 9.17) is 4.37 Å². The normalized spacial score (nSPS) is 21.6. The SMILES string of the molecule is C/C=c1/c(N2CCN(CCc3cc4c5c(c3)C(C)(C)CC(=O)N5CC4)CC2)ns/c1=C/C. The summed E-state index contributed by atoms with van der Waals surface area (Å²) in [6.07, 6.45) is 7.04. The number of aromatic nitrogens is 1. The quantitative estimate of drug-likeness (QED) is 0.718. The van der Waals surface area contributed by atoms with Crippen LogP contribution in [0.2, 0.25) is 0 Å². The summed E-state index contributed by atoms with van der Waals surface area (Å²) in [5.74, 6) is 1.45. The van der Waals surface area contributed by atoms with Crippen molar-refractivity contribution in [1.82, 2.24) is 9.27 Å². The first-order valence-electron chi connectivity index (χ1n) is 11.9. The lowest BCUT2D eigenvalue weighted by molar-refractivity contribution is -0.120. The van der Waals surface area contributed by atoms with Gasteiger partial charge in [-0.1, -0.05) is 38.1 Å². The minimum atomic E-state index is -0.0695. The predicted octanol–water partition coefficient (Wildman–Crippen LogP) is 2.68. The number of hydrogen-bond acceptors (Lipinski definition) is 5. The summed E-state index contributed by atoms with van der Waals surface area (Å²) >= 11 is 1.60. The summed E-state index contributed by atoms with van der Waals surface area (Å²) in [6, 6.07) is 4.76. The summed E-state index contributed by atoms with van der Waals surface area (Å²) in [4.78, 5) is 19.6. The second-order valence-electron chi connectivity index (χ2n) is 9.95. The minimum Gasteiger partial charge on any atom is -0.353 e. The van der Waals surface area contributed by atoms with E-state index in [1.165, 1.54) is 32.1 Å². The summed E-state index contributed by atoms with van der Waals surface area (Å²) in [6.45, 7) is 14.8. The molecule has 1 aromatic carbocycles. The lowest BCUT2D eigenvalue weighted by Gasteiger charge is -2.37. The summed E-state index contributed by atoms with van der Waals surface area (Å²) in [5.41, 5.74) is 5.33. The van der Waals surface area contributed by atoms with Gasteiger partial charge in [0.2, 0.25) is 5.91 Å². The fourth-order valence-electron chi connectivity index (χ4n) is 5.57. The molecule has 0 aliphatic carbocycles. The molecule has 0 atom stereocenters. The highest BCUT2D eigenvalue weighted by Gasteiger charge is 2.40. The van der Waals surface area contributed by atoms with Crippen LogP contribution >= 0.6 is 11.5 Å². The van der Waals surface area contributed by atoms with Gasteiger partial charge in [0.15, 0.2) is 0 Å². The van der Waals surface area contributed by atoms with Gasteiger partial charge in [0, 0.05) is 56.3 Å². The third-order valence-electron chi connectivity index (χ3n) is 7.42. The average molecular weight is 451 g/mol. The molecule has 0 radical (unpaired) electrons. The number of rotatable bonds is 4. The van der Waals surface area contributed by atoms with Crippen LogP contribution in [-0.4, -0.2) is 54.4 Å². The van der Waals surface area contributed by atoms with Crippen molar-refractivity contribution in [3.8, 4) is 0 Å². The van der Waals surface area contributed by atoms with Crippen molar-refractivity contribution in [2.24, 2.45) is 0 Å². The second-order valence-corrected chi connectivity index (χ2v) is 10.8. The van der Waals surface area contributed by atoms with E-state index < -0.39 is 0 Å². The van der Waals surface area contributed by atoms with E-state index in [1.54, 1.807) is 11.5 Å². The molecule has 3 aliphatic rings. The number of carbonyl (C=O) groups excluding carboxylic acids is 1. The van der Waals surface area contributed by atoms with Gasteiger partial charge in [-0.25, -0.2) is 0 Å². The Morgan fingerprint density at radius 3 is 2.59 bits per heavy atom. The maximum absolute atomic E-state index is 12.5. The molecule has 1 aromatic heterocycles. The fourth-order valence-corrected chi connectivity index (χ4v) is 6.38. The highest BCUT2D eigenvalue weighted by atomic mass is 32.1. The Hall–Kier alpha value is -2.18. The topological polar surface area (TPSA) is 39.7 Å². The van der Waals surface area contributed by atoms with E-state index in [0.717, 1.165) is 57.9 Å². The largest absolute Gasteiger partial charge is 0.353 e. The van der Waals surface area contributed by atoms with Crippen molar-refractivity contribution >= 4 is 41.1 Å². The molecule has 1 amide bonds. The highest BCUT2D eigenvalue weighted by Crippen LogP contribution is 2.45. The van der Waals surface area contributed by atoms with E-state index in [0.29, 0.717) is 12.3 Å². The van der Waals surface area contributed by atoms with E-state index >= 15 is 0 Å². The van der Waals surface area contributed by atoms with E-state index in [2.05, 4.69) is 61.8 Å². The molecule has 0 bridgehead atoms. The van der Waals surface area contributed by atoms with E-state index in [-0.39, 0.29) is 5.41 Å². The third-order valence-corrected chi connectivity index (χ3v) is 8.34. The number of nitrogens with zero attached hydrogens (tertiary/aromatic N) is 4. The Morgan fingerprint density at radius 2 is 1.88 bits per heavy atom. The predicted molar refractivity (Wildman–Crippen MR) is 134 cm³/mol. The first-order chi connectivity index (χ1) is 15.4. The van der Waals surface area contributed by atoms with Gasteiger partial charge in [-0.05, 0) is 54.9 Å². The van der Waals surface area contributed by atoms with Crippen LogP contribution in [0.1, 0.15) is 50.8 Å². The molecule has 0 saturated carbocycles. The Kier molecular flexibility index (Phi) is 5.62. The second kappa shape index (κ2) is 8.31. The van der Waals surface area contributed by atoms with Crippen LogP contribution < -0.4 is 19.6 Å². The molecule has 5 rings (SSSR count). The number of benzene rings is 1. The number of carbonyl (C=O) groups is 1. The summed E-state index contributed by atoms with van der Waals surface area (Å²) < 4.78 is 6.01. The maximum atomic E-state index is 12.5. The Balaban J connectivity index is 1.26. The van der Waals surface area contributed by atoms with Crippen molar-refractivity contribution in [2.45, 2.75) is 52.4 Å². The molecule has 0 N–H and O–H groups in total. The lowest BCUT2D eigenvalue weighted by atomic mass is 9.76. The van der Waals surface area contributed by atoms with Crippen LogP contribution in [0, 0.1) is 0 Å². The molecule has 0 unspecified atom stereocenters. The molecular weight excluding hydrogens is 416 g/mol. The smallest absolute Gasteiger partial charge is 0.227 e. The molecule has 170 valence electrons. The van der Waals surface area contributed by atoms with Crippen molar-refractivity contribution in [3.63, 3.8) is 0 Å². The van der Waals surface area contributed by atoms with Crippen molar-refractivity contribution in [1.29, 1.82) is 0 Å². The molecule has 6 heteroatoms. The molecule has 5 nitrogen and oxygen atoms in total. The zero-order valence-electron chi connectivity index (χ0n) is 19.8. The first kappa shape index (κ1) is 21.7. The standard InChI is InChI=1S/C26H34N4OS/c1-5-20-22(6-2)32-27-25(20)29-13-11-28(12-14-29)9-7-18-15-19-8-10-30-23(31)17-26(3,4)21(16-18)24(19)30/h5-6,15-16H,7-14,17H2,1-4H3/b20-5+,22-6+. The van der Waals surface area contributed by atoms with Crippen molar-refractivity contribution < 1.29 is 4.79 Å². The van der Waals surface area contributed by atoms with Crippen LogP contribution in [0.3, 0.4) is 0 Å². The Bertz CT molecular complexity index is 1160. The van der Waals surface area contributed by atoms with Gasteiger partial charge in [0.1, 0.15) is 5.82 Å². The maximum Gasteiger partial charge on any atom is 0.227 e. The average Bonchev–Trinajstić information content (AvgIpc) is 3.40. The fraction of sp³-hybridized carbons (Fsp3) is 0.538. The molecule has 0 spiro atoms. The highest BCUT2D eigenvalue weighted by molar-refractivity contribution is 7.03. The summed E-state index contributed by atoms with van der Waals surface area (Å²) in [7, 11) is 0. The first-order valence-corrected chi connectivity index (χ1v) is 12.7. The zero-order valence-corrected chi connectivity index (χ0v) is 20.6. The van der Waals surface area contributed by atoms with Gasteiger partial charge in [0.05, 0.1) is 10.2 Å². The van der Waals surface area contributed by atoms with E-state index in [1.807, 2.05) is 4.90 Å². The third kappa shape index (κ3) is 3.67. The van der Waals surface area contributed by atoms with Crippen molar-refractivity contribution in [2.75, 3.05) is 49.1 Å². The van der Waals surface area contributed by atoms with Gasteiger partial charge in [-0.3, -0.25) is 9.69 Å². The molecule has 1 fully saturated rings. The van der Waals surface area contributed by atoms with Crippen LogP contribution in [0.5, 0.6) is 0 Å². The van der Waals surface area contributed by atoms with Gasteiger partial charge >= 0.3 is 0 Å². The molecule has 1 saturated heterocycles. The zero-order chi connectivity index (χ0) is 22.5. The number of hydrogen-bond donors (Lipinski definition) is 0. The van der Waals surface area contributed by atoms with Gasteiger partial charge in [-0.2, -0.15) is 4.37 Å². The molecule has 4 heterocycles. The minimum absolute atomic E-state index is 0.0695. The van der Waals surface area contributed by atoms with Crippen LogP contribution in [0.25, 0.3) is 12.2 Å². The van der Waals surface area contributed by atoms with E-state index in [9.17, 15) is 4.79 Å². The van der Waals surface area contributed by atoms with Gasteiger partial charge in [-0.15, -0.1) is 0 Å². The molecule has 32 heavy (non-hydrogen) atoms. The molecular formula is C26H34N4OS. The summed E-state index contributed by atoms with van der Waals surface area (Å²) in [5, 5.41) is 1.29. The Morgan fingerprint density at radius 1 is 1.09 bits per heavy atom. The lowest BCUT2D eigenvalue weighted by Crippen LogP contribution is -2.48. The van der Waals surface area contributed by atoms with Crippen LogP contribution in [-0.2, 0) is 23.1 Å². The molecule has 3 aliphatic heterocycles. The number of amides is 1. The monoisotopic (exact) mass is 450 g/mol. The molecule has 2 aromatic rings. The van der Waals surface area contributed by atoms with Crippen molar-refractivity contribution in [3.05, 3.63) is 38.6 Å². The van der Waals surface area contributed by atoms with Crippen LogP contribution in [0.4, 0.5) is 11.5 Å². The number of piperazine rings is 1. The van der Waals surface area contributed by atoms with Crippen LogP contribution in [0.15, 0.2) is 12.1 Å². The Labute approximate surface area is 195 Å².